The minimum atomic E-state index is 0.257. The normalized spacial score (nSPS) is 27.6. The number of nitrogens with zero attached hydrogens (tertiary/aromatic N) is 1. The van der Waals surface area contributed by atoms with Crippen LogP contribution in [0, 0.1) is 17.8 Å². The van der Waals surface area contributed by atoms with Crippen LogP contribution in [0.15, 0.2) is 6.07 Å². The molecule has 0 bridgehead atoms. The summed E-state index contributed by atoms with van der Waals surface area (Å²) in [4.78, 5) is 15.4. The van der Waals surface area contributed by atoms with Crippen molar-refractivity contribution in [3.63, 3.8) is 0 Å². The van der Waals surface area contributed by atoms with Gasteiger partial charge in [0, 0.05) is 19.0 Å². The van der Waals surface area contributed by atoms with Crippen LogP contribution in [0.4, 0.5) is 10.7 Å². The van der Waals surface area contributed by atoms with Gasteiger partial charge in [0.05, 0.1) is 15.6 Å². The number of hydrogen-bond acceptors (Lipinski definition) is 4. The van der Waals surface area contributed by atoms with Gasteiger partial charge in [-0.1, -0.05) is 13.8 Å². The lowest BCUT2D eigenvalue weighted by atomic mass is 9.92. The summed E-state index contributed by atoms with van der Waals surface area (Å²) in [6.07, 6.45) is 3.39. The van der Waals surface area contributed by atoms with Crippen molar-refractivity contribution in [2.24, 2.45) is 17.8 Å². The van der Waals surface area contributed by atoms with E-state index in [1.807, 2.05) is 6.07 Å². The van der Waals surface area contributed by atoms with Crippen LogP contribution in [0.1, 0.15) is 42.8 Å². The zero-order valence-corrected chi connectivity index (χ0v) is 12.5. The van der Waals surface area contributed by atoms with Gasteiger partial charge in [-0.3, -0.25) is 4.79 Å². The zero-order valence-electron chi connectivity index (χ0n) is 11.7. The molecule has 2 heterocycles. The molecule has 0 spiro atoms. The Bertz CT molecular complexity index is 482. The molecule has 19 heavy (non-hydrogen) atoms. The number of piperidine rings is 1. The number of carbonyl (C=O) groups is 1. The lowest BCUT2D eigenvalue weighted by Gasteiger charge is -2.35. The summed E-state index contributed by atoms with van der Waals surface area (Å²) in [5.74, 6) is 1.96. The van der Waals surface area contributed by atoms with Gasteiger partial charge >= 0.3 is 0 Å². The fraction of sp³-hybridized carbons (Fsp3) is 0.667. The molecule has 4 heteroatoms. The minimum absolute atomic E-state index is 0.257. The van der Waals surface area contributed by atoms with Crippen LogP contribution in [0.2, 0.25) is 0 Å². The Balaban J connectivity index is 1.81. The number of anilines is 2. The molecule has 1 aromatic heterocycles. The molecule has 1 aromatic rings. The van der Waals surface area contributed by atoms with E-state index in [1.54, 1.807) is 11.3 Å². The quantitative estimate of drug-likeness (QED) is 0.862. The highest BCUT2D eigenvalue weighted by Gasteiger charge is 2.33. The summed E-state index contributed by atoms with van der Waals surface area (Å²) < 4.78 is 0. The Morgan fingerprint density at radius 1 is 1.32 bits per heavy atom. The van der Waals surface area contributed by atoms with Crippen molar-refractivity contribution >= 4 is 27.8 Å². The van der Waals surface area contributed by atoms with Crippen molar-refractivity contribution < 1.29 is 4.79 Å². The van der Waals surface area contributed by atoms with Gasteiger partial charge in [-0.15, -0.1) is 11.3 Å². The van der Waals surface area contributed by atoms with Crippen molar-refractivity contribution in [2.45, 2.75) is 33.1 Å². The third-order valence-corrected chi connectivity index (χ3v) is 5.33. The van der Waals surface area contributed by atoms with Gasteiger partial charge in [0.25, 0.3) is 0 Å². The van der Waals surface area contributed by atoms with Gasteiger partial charge in [-0.25, -0.2) is 0 Å². The van der Waals surface area contributed by atoms with Gasteiger partial charge < -0.3 is 10.6 Å². The average Bonchev–Trinajstić information content (AvgIpc) is 3.10. The number of ketones is 1. The summed E-state index contributed by atoms with van der Waals surface area (Å²) in [5.41, 5.74) is 6.73. The second-order valence-electron chi connectivity index (χ2n) is 6.36. The summed E-state index contributed by atoms with van der Waals surface area (Å²) in [6.45, 7) is 6.77. The fourth-order valence-electron chi connectivity index (χ4n) is 3.11. The van der Waals surface area contributed by atoms with E-state index in [1.165, 1.54) is 11.4 Å². The largest absolute Gasteiger partial charge is 0.397 e. The summed E-state index contributed by atoms with van der Waals surface area (Å²) >= 11 is 1.60. The lowest BCUT2D eigenvalue weighted by Crippen LogP contribution is -2.38. The molecule has 2 aliphatic rings. The van der Waals surface area contributed by atoms with E-state index in [4.69, 9.17) is 5.73 Å². The van der Waals surface area contributed by atoms with E-state index in [9.17, 15) is 4.79 Å². The maximum atomic E-state index is 12.2. The molecule has 3 rings (SSSR count). The summed E-state index contributed by atoms with van der Waals surface area (Å²) in [6, 6.07) is 2.00. The molecule has 2 atom stereocenters. The highest BCUT2D eigenvalue weighted by Crippen LogP contribution is 2.40. The van der Waals surface area contributed by atoms with E-state index in [2.05, 4.69) is 18.7 Å². The Labute approximate surface area is 118 Å². The van der Waals surface area contributed by atoms with E-state index in [-0.39, 0.29) is 11.7 Å². The first kappa shape index (κ1) is 13.0. The number of Topliss-reactive ketones (excluding diaryl/α,β-unsaturated/α-hetero) is 1. The van der Waals surface area contributed by atoms with Gasteiger partial charge in [0.15, 0.2) is 5.78 Å². The van der Waals surface area contributed by atoms with Crippen LogP contribution in [-0.2, 0) is 0 Å². The van der Waals surface area contributed by atoms with Crippen LogP contribution in [0.25, 0.3) is 0 Å². The summed E-state index contributed by atoms with van der Waals surface area (Å²) in [5, 5.41) is 1.18. The summed E-state index contributed by atoms with van der Waals surface area (Å²) in [7, 11) is 0. The molecule has 0 amide bonds. The Morgan fingerprint density at radius 2 is 1.95 bits per heavy atom. The molecule has 3 nitrogen and oxygen atoms in total. The molecular weight excluding hydrogens is 256 g/mol. The first-order valence-corrected chi connectivity index (χ1v) is 8.04. The van der Waals surface area contributed by atoms with Gasteiger partial charge in [-0.05, 0) is 37.2 Å². The zero-order chi connectivity index (χ0) is 13.6. The second-order valence-corrected chi connectivity index (χ2v) is 7.39. The predicted molar refractivity (Wildman–Crippen MR) is 80.9 cm³/mol. The fourth-order valence-corrected chi connectivity index (χ4v) is 4.23. The van der Waals surface area contributed by atoms with Gasteiger partial charge in [0.1, 0.15) is 0 Å². The van der Waals surface area contributed by atoms with E-state index < -0.39 is 0 Å². The molecule has 1 aliphatic carbocycles. The van der Waals surface area contributed by atoms with Gasteiger partial charge in [0.2, 0.25) is 0 Å². The SMILES string of the molecule is CC1CC(C)CN(c2cc(N)c(C(=O)C3CC3)s2)C1. The van der Waals surface area contributed by atoms with E-state index in [0.717, 1.165) is 42.6 Å². The lowest BCUT2D eigenvalue weighted by molar-refractivity contribution is 0.0972. The van der Waals surface area contributed by atoms with Crippen molar-refractivity contribution in [3.8, 4) is 0 Å². The Kier molecular flexibility index (Phi) is 3.29. The average molecular weight is 278 g/mol. The third-order valence-electron chi connectivity index (χ3n) is 4.10. The van der Waals surface area contributed by atoms with E-state index in [0.29, 0.717) is 5.69 Å². The second kappa shape index (κ2) is 4.82. The van der Waals surface area contributed by atoms with Gasteiger partial charge in [-0.2, -0.15) is 0 Å². The van der Waals surface area contributed by atoms with Crippen molar-refractivity contribution in [1.82, 2.24) is 0 Å². The van der Waals surface area contributed by atoms with Crippen LogP contribution in [-0.4, -0.2) is 18.9 Å². The minimum Gasteiger partial charge on any atom is -0.397 e. The first-order valence-electron chi connectivity index (χ1n) is 7.23. The number of thiophene rings is 1. The van der Waals surface area contributed by atoms with Crippen LogP contribution in [0.3, 0.4) is 0 Å². The molecule has 1 saturated heterocycles. The number of nitrogen functional groups attached to an aromatic ring is 1. The molecule has 2 fully saturated rings. The van der Waals surface area contributed by atoms with Crippen molar-refractivity contribution in [1.29, 1.82) is 0 Å². The highest BCUT2D eigenvalue weighted by atomic mass is 32.1. The number of rotatable bonds is 3. The molecule has 2 unspecified atom stereocenters. The Hall–Kier alpha value is -1.03. The maximum Gasteiger partial charge on any atom is 0.178 e. The monoisotopic (exact) mass is 278 g/mol. The first-order chi connectivity index (χ1) is 9.04. The molecule has 0 radical (unpaired) electrons. The van der Waals surface area contributed by atoms with Crippen LogP contribution < -0.4 is 10.6 Å². The van der Waals surface area contributed by atoms with Crippen molar-refractivity contribution in [3.05, 3.63) is 10.9 Å². The number of carbonyl (C=O) groups excluding carboxylic acids is 1. The van der Waals surface area contributed by atoms with Crippen LogP contribution in [0.5, 0.6) is 0 Å². The predicted octanol–water partition coefficient (Wildman–Crippen LogP) is 3.41. The molecule has 104 valence electrons. The standard InChI is InChI=1S/C15H22N2OS/c1-9-5-10(2)8-17(7-9)13-6-12(16)15(19-13)14(18)11-3-4-11/h6,9-11H,3-5,7-8,16H2,1-2H3. The molecule has 1 saturated carbocycles. The number of hydrogen-bond donors (Lipinski definition) is 1. The van der Waals surface area contributed by atoms with Crippen LogP contribution >= 0.6 is 11.3 Å². The highest BCUT2D eigenvalue weighted by molar-refractivity contribution is 7.18. The molecule has 1 aliphatic heterocycles. The smallest absolute Gasteiger partial charge is 0.178 e. The third kappa shape index (κ3) is 2.64. The molecule has 0 aromatic carbocycles. The molecular formula is C15H22N2OS. The van der Waals surface area contributed by atoms with Crippen molar-refractivity contribution in [2.75, 3.05) is 23.7 Å². The Morgan fingerprint density at radius 3 is 2.53 bits per heavy atom. The topological polar surface area (TPSA) is 46.3 Å². The number of nitrogens with two attached hydrogens (primary N) is 1. The maximum absolute atomic E-state index is 12.2. The van der Waals surface area contributed by atoms with E-state index >= 15 is 0 Å². The molecule has 2 N–H and O–H groups in total.